The fourth-order valence-corrected chi connectivity index (χ4v) is 2.47. The van der Waals surface area contributed by atoms with Crippen LogP contribution in [0.25, 0.3) is 0 Å². The van der Waals surface area contributed by atoms with Crippen LogP contribution in [0.1, 0.15) is 47.0 Å². The van der Waals surface area contributed by atoms with Crippen molar-refractivity contribution >= 4 is 5.78 Å². The highest BCUT2D eigenvalue weighted by atomic mass is 19.1. The van der Waals surface area contributed by atoms with Crippen molar-refractivity contribution in [1.29, 1.82) is 0 Å². The van der Waals surface area contributed by atoms with Gasteiger partial charge in [-0.15, -0.1) is 0 Å². The SMILES string of the molecule is CCC1=CC(=O)CCC1(C)C(C)(F)C(C)O. The minimum atomic E-state index is -1.70. The molecule has 3 atom stereocenters. The number of carbonyl (C=O) groups excluding carboxylic acids is 1. The van der Waals surface area contributed by atoms with Gasteiger partial charge in [0, 0.05) is 11.8 Å². The summed E-state index contributed by atoms with van der Waals surface area (Å²) >= 11 is 0. The Balaban J connectivity index is 3.18. The number of hydrogen-bond acceptors (Lipinski definition) is 2. The maximum absolute atomic E-state index is 14.6. The van der Waals surface area contributed by atoms with Gasteiger partial charge in [-0.2, -0.15) is 0 Å². The summed E-state index contributed by atoms with van der Waals surface area (Å²) in [6.07, 6.45) is 2.01. The van der Waals surface area contributed by atoms with Crippen molar-refractivity contribution in [3.8, 4) is 0 Å². The fourth-order valence-electron chi connectivity index (χ4n) is 2.47. The third kappa shape index (κ3) is 1.93. The highest BCUT2D eigenvalue weighted by Gasteiger charge is 2.51. The van der Waals surface area contributed by atoms with E-state index in [0.29, 0.717) is 19.3 Å². The summed E-state index contributed by atoms with van der Waals surface area (Å²) in [7, 11) is 0. The number of hydrogen-bond donors (Lipinski definition) is 1. The number of halogens is 1. The molecule has 1 aliphatic carbocycles. The Morgan fingerprint density at radius 1 is 1.69 bits per heavy atom. The van der Waals surface area contributed by atoms with Crippen molar-refractivity contribution in [3.63, 3.8) is 0 Å². The number of alkyl halides is 1. The van der Waals surface area contributed by atoms with Crippen LogP contribution in [-0.2, 0) is 4.79 Å². The van der Waals surface area contributed by atoms with E-state index >= 15 is 0 Å². The molecule has 0 radical (unpaired) electrons. The van der Waals surface area contributed by atoms with Gasteiger partial charge in [0.1, 0.15) is 5.67 Å². The lowest BCUT2D eigenvalue weighted by Crippen LogP contribution is -2.50. The highest BCUT2D eigenvalue weighted by Crippen LogP contribution is 2.49. The van der Waals surface area contributed by atoms with Gasteiger partial charge in [0.15, 0.2) is 5.78 Å². The molecule has 16 heavy (non-hydrogen) atoms. The monoisotopic (exact) mass is 228 g/mol. The van der Waals surface area contributed by atoms with Gasteiger partial charge in [-0.1, -0.05) is 19.4 Å². The molecule has 0 amide bonds. The Kier molecular flexibility index (Phi) is 3.58. The van der Waals surface area contributed by atoms with Crippen LogP contribution in [0.2, 0.25) is 0 Å². The Morgan fingerprint density at radius 2 is 2.25 bits per heavy atom. The molecule has 0 aliphatic heterocycles. The van der Waals surface area contributed by atoms with Crippen molar-refractivity contribution in [3.05, 3.63) is 11.6 Å². The summed E-state index contributed by atoms with van der Waals surface area (Å²) < 4.78 is 14.6. The molecule has 0 bridgehead atoms. The lowest BCUT2D eigenvalue weighted by atomic mass is 9.62. The number of rotatable bonds is 3. The van der Waals surface area contributed by atoms with E-state index in [9.17, 15) is 14.3 Å². The summed E-state index contributed by atoms with van der Waals surface area (Å²) in [5, 5.41) is 9.59. The quantitative estimate of drug-likeness (QED) is 0.806. The Labute approximate surface area is 96.5 Å². The molecule has 1 rings (SSSR count). The van der Waals surface area contributed by atoms with Gasteiger partial charge in [-0.25, -0.2) is 4.39 Å². The summed E-state index contributed by atoms with van der Waals surface area (Å²) in [5.41, 5.74) is -1.62. The molecule has 0 heterocycles. The smallest absolute Gasteiger partial charge is 0.155 e. The maximum atomic E-state index is 14.6. The van der Waals surface area contributed by atoms with Crippen molar-refractivity contribution in [2.24, 2.45) is 5.41 Å². The van der Waals surface area contributed by atoms with Gasteiger partial charge in [0.2, 0.25) is 0 Å². The molecular weight excluding hydrogens is 207 g/mol. The zero-order valence-corrected chi connectivity index (χ0v) is 10.5. The zero-order valence-electron chi connectivity index (χ0n) is 10.5. The second-order valence-electron chi connectivity index (χ2n) is 5.07. The zero-order chi connectivity index (χ0) is 12.6. The van der Waals surface area contributed by atoms with Crippen LogP contribution in [0, 0.1) is 5.41 Å². The number of aliphatic hydroxyl groups is 1. The molecule has 92 valence electrons. The van der Waals surface area contributed by atoms with Crippen LogP contribution in [0.15, 0.2) is 11.6 Å². The third-order valence-corrected chi connectivity index (χ3v) is 4.16. The van der Waals surface area contributed by atoms with Gasteiger partial charge in [0.05, 0.1) is 6.10 Å². The first-order valence-corrected chi connectivity index (χ1v) is 5.86. The molecule has 1 N–H and O–H groups in total. The molecule has 0 aromatic rings. The van der Waals surface area contributed by atoms with Crippen LogP contribution in [0.5, 0.6) is 0 Å². The second-order valence-corrected chi connectivity index (χ2v) is 5.07. The van der Waals surface area contributed by atoms with Gasteiger partial charge >= 0.3 is 0 Å². The summed E-state index contributed by atoms with van der Waals surface area (Å²) in [4.78, 5) is 11.4. The molecule has 2 nitrogen and oxygen atoms in total. The Bertz CT molecular complexity index is 318. The van der Waals surface area contributed by atoms with Gasteiger partial charge in [-0.3, -0.25) is 4.79 Å². The van der Waals surface area contributed by atoms with Gasteiger partial charge < -0.3 is 5.11 Å². The normalized spacial score (nSPS) is 31.9. The molecular formula is C13H21FO2. The van der Waals surface area contributed by atoms with E-state index in [1.807, 2.05) is 13.8 Å². The van der Waals surface area contributed by atoms with E-state index in [0.717, 1.165) is 5.57 Å². The van der Waals surface area contributed by atoms with E-state index in [4.69, 9.17) is 0 Å². The number of allylic oxidation sites excluding steroid dienone is 2. The lowest BCUT2D eigenvalue weighted by molar-refractivity contribution is -0.118. The van der Waals surface area contributed by atoms with Crippen molar-refractivity contribution in [2.75, 3.05) is 0 Å². The van der Waals surface area contributed by atoms with Crippen LogP contribution in [-0.4, -0.2) is 22.7 Å². The molecule has 0 aromatic heterocycles. The molecule has 1 aliphatic rings. The first kappa shape index (κ1) is 13.4. The van der Waals surface area contributed by atoms with Crippen LogP contribution >= 0.6 is 0 Å². The van der Waals surface area contributed by atoms with Gasteiger partial charge in [0.25, 0.3) is 0 Å². The molecule has 0 fully saturated rings. The lowest BCUT2D eigenvalue weighted by Gasteiger charge is -2.46. The van der Waals surface area contributed by atoms with Crippen molar-refractivity contribution < 1.29 is 14.3 Å². The molecule has 0 aromatic carbocycles. The van der Waals surface area contributed by atoms with Crippen molar-refractivity contribution in [1.82, 2.24) is 0 Å². The Morgan fingerprint density at radius 3 is 2.69 bits per heavy atom. The average molecular weight is 228 g/mol. The summed E-state index contributed by atoms with van der Waals surface area (Å²) in [6.45, 7) is 6.62. The highest BCUT2D eigenvalue weighted by molar-refractivity contribution is 5.91. The minimum absolute atomic E-state index is 0.0655. The first-order chi connectivity index (χ1) is 7.25. The maximum Gasteiger partial charge on any atom is 0.155 e. The molecule has 0 spiro atoms. The standard InChI is InChI=1S/C13H21FO2/c1-5-10-8-11(16)6-7-12(10,3)13(4,14)9(2)15/h8-9,15H,5-7H2,1-4H3. The van der Waals surface area contributed by atoms with Crippen LogP contribution in [0.3, 0.4) is 0 Å². The summed E-state index contributed by atoms with van der Waals surface area (Å²) in [5.74, 6) is 0.0655. The number of ketones is 1. The minimum Gasteiger partial charge on any atom is -0.390 e. The van der Waals surface area contributed by atoms with Crippen molar-refractivity contribution in [2.45, 2.75) is 58.7 Å². The first-order valence-electron chi connectivity index (χ1n) is 5.86. The van der Waals surface area contributed by atoms with Gasteiger partial charge in [-0.05, 0) is 32.8 Å². The largest absolute Gasteiger partial charge is 0.390 e. The fraction of sp³-hybridized carbons (Fsp3) is 0.769. The Hall–Kier alpha value is -0.700. The molecule has 0 saturated carbocycles. The molecule has 3 unspecified atom stereocenters. The average Bonchev–Trinajstić information content (AvgIpc) is 2.21. The number of aliphatic hydroxyl groups excluding tert-OH is 1. The predicted octanol–water partition coefficient (Wildman–Crippen LogP) is 2.80. The molecule has 0 saturated heterocycles. The molecule has 3 heteroatoms. The van der Waals surface area contributed by atoms with E-state index in [1.54, 1.807) is 6.08 Å². The van der Waals surface area contributed by atoms with E-state index in [2.05, 4.69) is 0 Å². The summed E-state index contributed by atoms with van der Waals surface area (Å²) in [6, 6.07) is 0. The second kappa shape index (κ2) is 4.28. The van der Waals surface area contributed by atoms with E-state index < -0.39 is 17.2 Å². The van der Waals surface area contributed by atoms with Crippen LogP contribution < -0.4 is 0 Å². The predicted molar refractivity (Wildman–Crippen MR) is 61.9 cm³/mol. The third-order valence-electron chi connectivity index (χ3n) is 4.16. The van der Waals surface area contributed by atoms with E-state index in [-0.39, 0.29) is 5.78 Å². The van der Waals surface area contributed by atoms with Crippen LogP contribution in [0.4, 0.5) is 4.39 Å². The number of carbonyl (C=O) groups is 1. The topological polar surface area (TPSA) is 37.3 Å². The van der Waals surface area contributed by atoms with E-state index in [1.165, 1.54) is 13.8 Å².